The van der Waals surface area contributed by atoms with Gasteiger partial charge >= 0.3 is 6.18 Å². The van der Waals surface area contributed by atoms with E-state index in [-0.39, 0.29) is 24.5 Å². The minimum atomic E-state index is -4.44. The largest absolute Gasteiger partial charge is 0.416 e. The van der Waals surface area contributed by atoms with Crippen molar-refractivity contribution < 1.29 is 23.0 Å². The number of fused-ring (bicyclic) bond motifs is 1. The Bertz CT molecular complexity index is 1500. The van der Waals surface area contributed by atoms with E-state index in [1.165, 1.54) is 13.0 Å². The molecule has 12 heteroatoms. The van der Waals surface area contributed by atoms with E-state index in [0.29, 0.717) is 49.9 Å². The molecular formula is C29H34F3N7O2. The summed E-state index contributed by atoms with van der Waals surface area (Å²) in [5.74, 6) is 1.57. The number of alkyl halides is 3. The molecule has 0 spiro atoms. The average Bonchev–Trinajstić information content (AvgIpc) is 3.62. The first-order valence-corrected chi connectivity index (χ1v) is 14.0. The van der Waals surface area contributed by atoms with Gasteiger partial charge in [0.1, 0.15) is 5.82 Å². The van der Waals surface area contributed by atoms with Gasteiger partial charge in [-0.15, -0.1) is 5.10 Å². The molecule has 2 aliphatic rings. The lowest BCUT2D eigenvalue weighted by molar-refractivity contribution is -0.138. The Kier molecular flexibility index (Phi) is 7.71. The summed E-state index contributed by atoms with van der Waals surface area (Å²) in [5, 5.41) is 14.8. The Morgan fingerprint density at radius 2 is 2.00 bits per heavy atom. The molecule has 9 nitrogen and oxygen atoms in total. The summed E-state index contributed by atoms with van der Waals surface area (Å²) in [6, 6.07) is 6.31. The second kappa shape index (κ2) is 11.4. The van der Waals surface area contributed by atoms with Crippen LogP contribution in [0.1, 0.15) is 40.9 Å². The van der Waals surface area contributed by atoms with Crippen molar-refractivity contribution >= 4 is 11.5 Å². The highest BCUT2D eigenvalue weighted by Gasteiger charge is 2.33. The number of aromatic amines is 1. The number of halogens is 3. The van der Waals surface area contributed by atoms with Crippen molar-refractivity contribution in [2.24, 2.45) is 5.92 Å². The quantitative estimate of drug-likeness (QED) is 0.347. The molecule has 0 saturated carbocycles. The molecule has 0 amide bonds. The van der Waals surface area contributed by atoms with Crippen molar-refractivity contribution in [2.75, 3.05) is 50.9 Å². The van der Waals surface area contributed by atoms with E-state index < -0.39 is 11.7 Å². The lowest BCUT2D eigenvalue weighted by atomic mass is 9.97. The molecule has 1 atom stereocenters. The zero-order valence-corrected chi connectivity index (χ0v) is 23.0. The van der Waals surface area contributed by atoms with E-state index in [1.54, 1.807) is 23.0 Å². The Balaban J connectivity index is 1.51. The summed E-state index contributed by atoms with van der Waals surface area (Å²) >= 11 is 0. The highest BCUT2D eigenvalue weighted by atomic mass is 19.4. The van der Waals surface area contributed by atoms with Crippen LogP contribution in [0.5, 0.6) is 0 Å². The van der Waals surface area contributed by atoms with Gasteiger partial charge in [0.05, 0.1) is 35.7 Å². The lowest BCUT2D eigenvalue weighted by Crippen LogP contribution is -2.37. The number of anilines is 1. The first-order chi connectivity index (χ1) is 19.8. The number of hydrogen-bond acceptors (Lipinski definition) is 7. The summed E-state index contributed by atoms with van der Waals surface area (Å²) in [6.45, 7) is 6.30. The van der Waals surface area contributed by atoms with Crippen molar-refractivity contribution in [3.8, 4) is 11.4 Å². The van der Waals surface area contributed by atoms with E-state index in [0.717, 1.165) is 54.8 Å². The monoisotopic (exact) mass is 569 g/mol. The predicted octanol–water partition coefficient (Wildman–Crippen LogP) is 4.08. The number of hydrogen-bond donors (Lipinski definition) is 2. The Morgan fingerprint density at radius 3 is 2.73 bits per heavy atom. The van der Waals surface area contributed by atoms with Crippen molar-refractivity contribution in [1.82, 2.24) is 29.5 Å². The maximum absolute atomic E-state index is 13.8. The molecule has 1 unspecified atom stereocenters. The molecule has 218 valence electrons. The van der Waals surface area contributed by atoms with E-state index in [1.807, 2.05) is 6.07 Å². The van der Waals surface area contributed by atoms with Gasteiger partial charge in [0.25, 0.3) is 0 Å². The zero-order chi connectivity index (χ0) is 28.6. The SMILES string of the molecule is Cc1c(Cc2c(CN3CCCC(CO)C3)nc3c(-c4ncc[nH]4)cc(N4CCOCC4)nn23)cccc1C(F)(F)F. The summed E-state index contributed by atoms with van der Waals surface area (Å²) in [5.41, 5.74) is 3.03. The number of likely N-dealkylation sites (tertiary alicyclic amines) is 1. The summed E-state index contributed by atoms with van der Waals surface area (Å²) < 4.78 is 48.8. The van der Waals surface area contributed by atoms with Crippen LogP contribution in [-0.4, -0.2) is 80.6 Å². The number of nitrogens with one attached hydrogen (secondary N) is 1. The Morgan fingerprint density at radius 1 is 1.17 bits per heavy atom. The first-order valence-electron chi connectivity index (χ1n) is 14.0. The highest BCUT2D eigenvalue weighted by molar-refractivity contribution is 5.76. The molecule has 2 fully saturated rings. The summed E-state index contributed by atoms with van der Waals surface area (Å²) in [4.78, 5) is 17.2. The van der Waals surface area contributed by atoms with Crippen LogP contribution in [0.25, 0.3) is 17.0 Å². The second-order valence-corrected chi connectivity index (χ2v) is 10.9. The van der Waals surface area contributed by atoms with Crippen LogP contribution < -0.4 is 4.90 Å². The number of aliphatic hydroxyl groups is 1. The van der Waals surface area contributed by atoms with Crippen LogP contribution in [0.2, 0.25) is 0 Å². The van der Waals surface area contributed by atoms with Gasteiger partial charge in [0.2, 0.25) is 0 Å². The number of ether oxygens (including phenoxy) is 1. The molecule has 5 heterocycles. The number of rotatable bonds is 7. The summed E-state index contributed by atoms with van der Waals surface area (Å²) in [6.07, 6.45) is 1.17. The fraction of sp³-hybridized carbons (Fsp3) is 0.483. The molecule has 6 rings (SSSR count). The summed E-state index contributed by atoms with van der Waals surface area (Å²) in [7, 11) is 0. The molecule has 2 saturated heterocycles. The number of morpholine rings is 1. The van der Waals surface area contributed by atoms with Gasteiger partial charge in [0.15, 0.2) is 11.5 Å². The third-order valence-electron chi connectivity index (χ3n) is 8.18. The molecule has 0 bridgehead atoms. The van der Waals surface area contributed by atoms with Crippen molar-refractivity contribution in [3.05, 3.63) is 64.7 Å². The van der Waals surface area contributed by atoms with Crippen LogP contribution in [0.3, 0.4) is 0 Å². The Labute approximate surface area is 236 Å². The molecule has 0 radical (unpaired) electrons. The second-order valence-electron chi connectivity index (χ2n) is 10.9. The number of nitrogens with zero attached hydrogens (tertiary/aromatic N) is 6. The number of aliphatic hydroxyl groups excluding tert-OH is 1. The molecule has 41 heavy (non-hydrogen) atoms. The van der Waals surface area contributed by atoms with Gasteiger partial charge in [-0.3, -0.25) is 4.90 Å². The van der Waals surface area contributed by atoms with Crippen LogP contribution in [0.15, 0.2) is 36.7 Å². The van der Waals surface area contributed by atoms with Crippen molar-refractivity contribution in [3.63, 3.8) is 0 Å². The van der Waals surface area contributed by atoms with Gasteiger partial charge in [-0.05, 0) is 55.5 Å². The van der Waals surface area contributed by atoms with Crippen molar-refractivity contribution in [2.45, 2.75) is 38.9 Å². The molecule has 0 aliphatic carbocycles. The average molecular weight is 570 g/mol. The molecule has 4 aromatic rings. The number of H-pyrrole nitrogens is 1. The van der Waals surface area contributed by atoms with Gasteiger partial charge in [-0.25, -0.2) is 14.5 Å². The van der Waals surface area contributed by atoms with Gasteiger partial charge in [-0.2, -0.15) is 13.2 Å². The van der Waals surface area contributed by atoms with Crippen LogP contribution in [0, 0.1) is 12.8 Å². The topological polar surface area (TPSA) is 94.8 Å². The molecule has 1 aromatic carbocycles. The number of imidazole rings is 2. The lowest BCUT2D eigenvalue weighted by Gasteiger charge is -2.31. The minimum absolute atomic E-state index is 0.130. The van der Waals surface area contributed by atoms with Crippen molar-refractivity contribution in [1.29, 1.82) is 0 Å². The van der Waals surface area contributed by atoms with E-state index in [4.69, 9.17) is 14.8 Å². The number of piperidine rings is 1. The maximum Gasteiger partial charge on any atom is 0.416 e. The Hall–Kier alpha value is -3.48. The van der Waals surface area contributed by atoms with Crippen LogP contribution >= 0.6 is 0 Å². The fourth-order valence-electron chi connectivity index (χ4n) is 5.95. The standard InChI is InChI=1S/C29H34F3N7O2/c1-19-21(5-2-6-23(19)29(30,31)32)14-25-24(17-37-9-3-4-20(16-37)18-40)35-28-22(27-33-7-8-34-27)15-26(36-39(25)28)38-10-12-41-13-11-38/h2,5-8,15,20,40H,3-4,9-14,16-18H2,1H3,(H,33,34). The molecular weight excluding hydrogens is 535 g/mol. The number of aromatic nitrogens is 5. The molecule has 3 aromatic heterocycles. The van der Waals surface area contributed by atoms with Crippen LogP contribution in [0.4, 0.5) is 19.0 Å². The van der Waals surface area contributed by atoms with Gasteiger partial charge in [0, 0.05) is 51.6 Å². The number of benzene rings is 1. The normalized spacial score (nSPS) is 18.9. The highest BCUT2D eigenvalue weighted by Crippen LogP contribution is 2.35. The molecule has 2 aliphatic heterocycles. The third-order valence-corrected chi connectivity index (χ3v) is 8.18. The third kappa shape index (κ3) is 5.68. The predicted molar refractivity (Wildman–Crippen MR) is 148 cm³/mol. The fourth-order valence-corrected chi connectivity index (χ4v) is 5.95. The van der Waals surface area contributed by atoms with E-state index in [9.17, 15) is 18.3 Å². The minimum Gasteiger partial charge on any atom is -0.396 e. The smallest absolute Gasteiger partial charge is 0.396 e. The first kappa shape index (κ1) is 27.7. The van der Waals surface area contributed by atoms with Gasteiger partial charge in [-0.1, -0.05) is 12.1 Å². The van der Waals surface area contributed by atoms with Gasteiger partial charge < -0.3 is 19.7 Å². The zero-order valence-electron chi connectivity index (χ0n) is 23.0. The molecule has 2 N–H and O–H groups in total. The van der Waals surface area contributed by atoms with E-state index >= 15 is 0 Å². The maximum atomic E-state index is 13.8. The van der Waals surface area contributed by atoms with E-state index in [2.05, 4.69) is 19.8 Å². The van der Waals surface area contributed by atoms with Crippen LogP contribution in [-0.2, 0) is 23.9 Å².